The van der Waals surface area contributed by atoms with E-state index in [0.717, 1.165) is 5.56 Å². The van der Waals surface area contributed by atoms with E-state index >= 15 is 0 Å². The minimum atomic E-state index is -0.372. The molecular formula is C8H15N3O. The Morgan fingerprint density at radius 3 is 2.58 bits per heavy atom. The number of rotatable bonds is 2. The quantitative estimate of drug-likeness (QED) is 0.708. The summed E-state index contributed by atoms with van der Waals surface area (Å²) in [4.78, 5) is 10.3. The summed E-state index contributed by atoms with van der Waals surface area (Å²) in [6, 6.07) is 0. The minimum absolute atomic E-state index is 0.161. The fourth-order valence-corrected chi connectivity index (χ4v) is 0.713. The van der Waals surface area contributed by atoms with E-state index in [2.05, 4.69) is 5.10 Å². The molecule has 0 atom stereocenters. The number of hydrogen-bond donors (Lipinski definition) is 1. The van der Waals surface area contributed by atoms with Crippen molar-refractivity contribution < 1.29 is 4.79 Å². The van der Waals surface area contributed by atoms with Gasteiger partial charge in [0.1, 0.15) is 6.54 Å². The molecule has 0 saturated carbocycles. The molecular weight excluding hydrogens is 154 g/mol. The molecule has 4 nitrogen and oxygen atoms in total. The zero-order valence-corrected chi connectivity index (χ0v) is 7.74. The van der Waals surface area contributed by atoms with Crippen LogP contribution in [0.2, 0.25) is 0 Å². The molecule has 1 aromatic rings. The first-order valence-corrected chi connectivity index (χ1v) is 3.96. The zero-order valence-electron chi connectivity index (χ0n) is 7.74. The average Bonchev–Trinajstić information content (AvgIpc) is 2.39. The summed E-state index contributed by atoms with van der Waals surface area (Å²) < 4.78 is 1.51. The smallest absolute Gasteiger partial charge is 0.239 e. The summed E-state index contributed by atoms with van der Waals surface area (Å²) in [5.41, 5.74) is 5.96. The van der Waals surface area contributed by atoms with Crippen LogP contribution in [0.15, 0.2) is 12.4 Å². The van der Waals surface area contributed by atoms with Gasteiger partial charge in [0.05, 0.1) is 6.20 Å². The molecule has 0 bridgehead atoms. The number of carbonyl (C=O) groups excluding carboxylic acids is 1. The molecule has 0 aromatic carbocycles. The molecule has 2 N–H and O–H groups in total. The van der Waals surface area contributed by atoms with E-state index in [1.165, 1.54) is 4.68 Å². The topological polar surface area (TPSA) is 60.9 Å². The van der Waals surface area contributed by atoms with Crippen LogP contribution >= 0.6 is 0 Å². The lowest BCUT2D eigenvalue weighted by Crippen LogP contribution is -2.18. The second-order valence-corrected chi connectivity index (χ2v) is 2.18. The van der Waals surface area contributed by atoms with Crippen molar-refractivity contribution in [3.05, 3.63) is 18.0 Å². The Morgan fingerprint density at radius 2 is 2.25 bits per heavy atom. The number of aromatic nitrogens is 2. The molecule has 0 aliphatic rings. The van der Waals surface area contributed by atoms with Crippen molar-refractivity contribution >= 4 is 5.91 Å². The van der Waals surface area contributed by atoms with Gasteiger partial charge in [-0.1, -0.05) is 13.8 Å². The Hall–Kier alpha value is -1.32. The van der Waals surface area contributed by atoms with Crippen molar-refractivity contribution in [2.24, 2.45) is 5.73 Å². The van der Waals surface area contributed by atoms with Gasteiger partial charge in [-0.3, -0.25) is 9.48 Å². The monoisotopic (exact) mass is 169 g/mol. The van der Waals surface area contributed by atoms with E-state index in [4.69, 9.17) is 5.73 Å². The maximum atomic E-state index is 10.3. The van der Waals surface area contributed by atoms with Gasteiger partial charge < -0.3 is 5.73 Å². The first kappa shape index (κ1) is 10.7. The Balaban J connectivity index is 0.000000561. The van der Waals surface area contributed by atoms with Crippen molar-refractivity contribution in [3.8, 4) is 0 Å². The minimum Gasteiger partial charge on any atom is -0.368 e. The number of aryl methyl sites for hydroxylation is 1. The molecule has 0 spiro atoms. The molecule has 0 saturated heterocycles. The summed E-state index contributed by atoms with van der Waals surface area (Å²) in [7, 11) is 0. The number of nitrogens with two attached hydrogens (primary N) is 1. The third-order valence-corrected chi connectivity index (χ3v) is 1.08. The van der Waals surface area contributed by atoms with Gasteiger partial charge in [0.2, 0.25) is 5.91 Å². The van der Waals surface area contributed by atoms with Crippen LogP contribution < -0.4 is 5.73 Å². The highest BCUT2D eigenvalue weighted by atomic mass is 16.1. The van der Waals surface area contributed by atoms with Gasteiger partial charge in [0.15, 0.2) is 0 Å². The van der Waals surface area contributed by atoms with Gasteiger partial charge >= 0.3 is 0 Å². The van der Waals surface area contributed by atoms with Crippen LogP contribution in [-0.4, -0.2) is 15.7 Å². The van der Waals surface area contributed by atoms with Gasteiger partial charge in [-0.05, 0) is 12.5 Å². The zero-order chi connectivity index (χ0) is 9.56. The summed E-state index contributed by atoms with van der Waals surface area (Å²) in [5, 5.41) is 3.87. The molecule has 1 aromatic heterocycles. The van der Waals surface area contributed by atoms with Crippen LogP contribution in [0, 0.1) is 6.92 Å². The molecule has 0 unspecified atom stereocenters. The van der Waals surface area contributed by atoms with Crippen LogP contribution in [0.25, 0.3) is 0 Å². The SMILES string of the molecule is CC.Cc1cnn(CC(N)=O)c1. The van der Waals surface area contributed by atoms with Crippen LogP contribution in [0.5, 0.6) is 0 Å². The summed E-state index contributed by atoms with van der Waals surface area (Å²) in [5.74, 6) is -0.372. The number of hydrogen-bond acceptors (Lipinski definition) is 2. The fourth-order valence-electron chi connectivity index (χ4n) is 0.713. The van der Waals surface area contributed by atoms with Gasteiger partial charge in [-0.2, -0.15) is 5.10 Å². The Bertz CT molecular complexity index is 242. The van der Waals surface area contributed by atoms with Gasteiger partial charge in [-0.15, -0.1) is 0 Å². The first-order chi connectivity index (χ1) is 5.68. The highest BCUT2D eigenvalue weighted by Gasteiger charge is 1.96. The molecule has 0 aliphatic carbocycles. The Labute approximate surface area is 72.4 Å². The van der Waals surface area contributed by atoms with E-state index in [0.29, 0.717) is 0 Å². The predicted octanol–water partition coefficient (Wildman–Crippen LogP) is 0.703. The number of amides is 1. The van der Waals surface area contributed by atoms with Crippen molar-refractivity contribution in [1.29, 1.82) is 0 Å². The molecule has 0 aliphatic heterocycles. The van der Waals surface area contributed by atoms with E-state index in [9.17, 15) is 4.79 Å². The largest absolute Gasteiger partial charge is 0.368 e. The first-order valence-electron chi connectivity index (χ1n) is 3.96. The van der Waals surface area contributed by atoms with Crippen LogP contribution in [0.3, 0.4) is 0 Å². The van der Waals surface area contributed by atoms with Gasteiger partial charge in [0, 0.05) is 6.20 Å². The van der Waals surface area contributed by atoms with Crippen LogP contribution in [0.4, 0.5) is 0 Å². The fraction of sp³-hybridized carbons (Fsp3) is 0.500. The van der Waals surface area contributed by atoms with E-state index in [-0.39, 0.29) is 12.5 Å². The lowest BCUT2D eigenvalue weighted by atomic mass is 10.4. The molecule has 0 radical (unpaired) electrons. The summed E-state index contributed by atoms with van der Waals surface area (Å²) in [6.07, 6.45) is 3.45. The molecule has 1 heterocycles. The second-order valence-electron chi connectivity index (χ2n) is 2.18. The second kappa shape index (κ2) is 5.35. The van der Waals surface area contributed by atoms with E-state index < -0.39 is 0 Å². The Morgan fingerprint density at radius 1 is 1.67 bits per heavy atom. The molecule has 68 valence electrons. The predicted molar refractivity (Wildman–Crippen MR) is 47.5 cm³/mol. The van der Waals surface area contributed by atoms with Crippen molar-refractivity contribution in [1.82, 2.24) is 9.78 Å². The van der Waals surface area contributed by atoms with E-state index in [1.807, 2.05) is 20.8 Å². The lowest BCUT2D eigenvalue weighted by Gasteiger charge is -1.93. The Kier molecular flexibility index (Phi) is 4.76. The standard InChI is InChI=1S/C6H9N3O.C2H6/c1-5-2-8-9(3-5)4-6(7)10;1-2/h2-3H,4H2,1H3,(H2,7,10);1-2H3. The average molecular weight is 169 g/mol. The number of primary amides is 1. The van der Waals surface area contributed by atoms with Crippen LogP contribution in [-0.2, 0) is 11.3 Å². The van der Waals surface area contributed by atoms with Crippen molar-refractivity contribution in [3.63, 3.8) is 0 Å². The molecule has 0 fully saturated rings. The van der Waals surface area contributed by atoms with Crippen molar-refractivity contribution in [2.45, 2.75) is 27.3 Å². The maximum Gasteiger partial charge on any atom is 0.239 e. The highest BCUT2D eigenvalue weighted by molar-refractivity contribution is 5.73. The third kappa shape index (κ3) is 3.75. The highest BCUT2D eigenvalue weighted by Crippen LogP contribution is 1.92. The third-order valence-electron chi connectivity index (χ3n) is 1.08. The lowest BCUT2D eigenvalue weighted by molar-refractivity contribution is -0.118. The van der Waals surface area contributed by atoms with Crippen LogP contribution in [0.1, 0.15) is 19.4 Å². The maximum absolute atomic E-state index is 10.3. The molecule has 4 heteroatoms. The summed E-state index contributed by atoms with van der Waals surface area (Å²) in [6.45, 7) is 6.07. The molecule has 1 rings (SSSR count). The summed E-state index contributed by atoms with van der Waals surface area (Å²) >= 11 is 0. The molecule has 12 heavy (non-hydrogen) atoms. The van der Waals surface area contributed by atoms with Crippen molar-refractivity contribution in [2.75, 3.05) is 0 Å². The molecule has 1 amide bonds. The van der Waals surface area contributed by atoms with Gasteiger partial charge in [0.25, 0.3) is 0 Å². The normalized spacial score (nSPS) is 8.58. The van der Waals surface area contributed by atoms with E-state index in [1.54, 1.807) is 12.4 Å². The number of nitrogens with zero attached hydrogens (tertiary/aromatic N) is 2. The van der Waals surface area contributed by atoms with Gasteiger partial charge in [-0.25, -0.2) is 0 Å². The number of carbonyl (C=O) groups is 1.